The monoisotopic (exact) mass is 413 g/mol. The minimum Gasteiger partial charge on any atom is -0.372 e. The van der Waals surface area contributed by atoms with E-state index in [4.69, 9.17) is 0 Å². The molecule has 6 heteroatoms. The van der Waals surface area contributed by atoms with Crippen LogP contribution in [0, 0.1) is 5.82 Å². The lowest BCUT2D eigenvalue weighted by Gasteiger charge is -2.27. The van der Waals surface area contributed by atoms with Crippen LogP contribution in [0.15, 0.2) is 108 Å². The number of nitrogens with one attached hydrogen (secondary N) is 1. The van der Waals surface area contributed by atoms with Gasteiger partial charge in [-0.15, -0.1) is 0 Å². The third kappa shape index (κ3) is 4.15. The minimum atomic E-state index is -1.90. The van der Waals surface area contributed by atoms with E-state index in [9.17, 15) is 14.3 Å². The van der Waals surface area contributed by atoms with Gasteiger partial charge in [0.1, 0.15) is 5.82 Å². The molecule has 154 valence electrons. The fourth-order valence-corrected chi connectivity index (χ4v) is 3.36. The number of carbonyl (C=O) groups is 1. The summed E-state index contributed by atoms with van der Waals surface area (Å²) in [5.41, 5.74) is 2.85. The van der Waals surface area contributed by atoms with Gasteiger partial charge in [-0.2, -0.15) is 5.10 Å². The second kappa shape index (κ2) is 8.77. The molecule has 0 fully saturated rings. The summed E-state index contributed by atoms with van der Waals surface area (Å²) < 4.78 is 15.0. The van der Waals surface area contributed by atoms with E-state index in [2.05, 4.69) is 10.5 Å². The van der Waals surface area contributed by atoms with Crippen molar-refractivity contribution in [2.24, 2.45) is 5.10 Å². The predicted octanol–water partition coefficient (Wildman–Crippen LogP) is 4.00. The van der Waals surface area contributed by atoms with Crippen LogP contribution in [0.3, 0.4) is 0 Å². The van der Waals surface area contributed by atoms with Gasteiger partial charge in [0.25, 0.3) is 5.91 Å². The SMILES string of the molecule is O=C(N/N=C/c1cccn1-c1ccc(F)cc1)C(O)(c1ccccc1)c1ccccc1. The number of benzene rings is 3. The van der Waals surface area contributed by atoms with Gasteiger partial charge >= 0.3 is 0 Å². The Hall–Kier alpha value is -4.03. The van der Waals surface area contributed by atoms with Crippen molar-refractivity contribution in [1.29, 1.82) is 0 Å². The average molecular weight is 413 g/mol. The molecule has 1 heterocycles. The first-order valence-corrected chi connectivity index (χ1v) is 9.69. The van der Waals surface area contributed by atoms with Gasteiger partial charge in [0.2, 0.25) is 0 Å². The Balaban J connectivity index is 1.59. The molecule has 3 aromatic carbocycles. The first-order chi connectivity index (χ1) is 15.1. The summed E-state index contributed by atoms with van der Waals surface area (Å²) in [5, 5.41) is 15.5. The normalized spacial score (nSPS) is 11.5. The number of rotatable bonds is 6. The molecule has 0 aliphatic rings. The molecule has 4 aromatic rings. The largest absolute Gasteiger partial charge is 0.372 e. The first kappa shape index (κ1) is 20.3. The molecule has 2 N–H and O–H groups in total. The highest BCUT2D eigenvalue weighted by Gasteiger charge is 2.39. The molecule has 0 aliphatic heterocycles. The van der Waals surface area contributed by atoms with E-state index in [1.165, 1.54) is 18.3 Å². The second-order valence-electron chi connectivity index (χ2n) is 6.92. The zero-order chi connectivity index (χ0) is 21.7. The van der Waals surface area contributed by atoms with E-state index >= 15 is 0 Å². The summed E-state index contributed by atoms with van der Waals surface area (Å²) >= 11 is 0. The molecule has 0 saturated heterocycles. The fraction of sp³-hybridized carbons (Fsp3) is 0.0400. The van der Waals surface area contributed by atoms with Crippen molar-refractivity contribution in [3.05, 3.63) is 126 Å². The highest BCUT2D eigenvalue weighted by atomic mass is 19.1. The zero-order valence-electron chi connectivity index (χ0n) is 16.5. The highest BCUT2D eigenvalue weighted by Crippen LogP contribution is 2.29. The van der Waals surface area contributed by atoms with Crippen LogP contribution < -0.4 is 5.43 Å². The van der Waals surface area contributed by atoms with Crippen LogP contribution in [0.1, 0.15) is 16.8 Å². The van der Waals surface area contributed by atoms with Gasteiger partial charge in [-0.1, -0.05) is 60.7 Å². The van der Waals surface area contributed by atoms with Crippen molar-refractivity contribution >= 4 is 12.1 Å². The lowest BCUT2D eigenvalue weighted by atomic mass is 9.85. The van der Waals surface area contributed by atoms with Gasteiger partial charge < -0.3 is 9.67 Å². The lowest BCUT2D eigenvalue weighted by molar-refractivity contribution is -0.136. The number of hydrogen-bond donors (Lipinski definition) is 2. The topological polar surface area (TPSA) is 66.6 Å². The molecule has 0 bridgehead atoms. The van der Waals surface area contributed by atoms with Crippen LogP contribution in [0.2, 0.25) is 0 Å². The molecular weight excluding hydrogens is 393 g/mol. The molecule has 4 rings (SSSR count). The van der Waals surface area contributed by atoms with Crippen LogP contribution in [-0.2, 0) is 10.4 Å². The molecule has 31 heavy (non-hydrogen) atoms. The summed E-state index contributed by atoms with van der Waals surface area (Å²) in [6.45, 7) is 0. The van der Waals surface area contributed by atoms with E-state index in [-0.39, 0.29) is 5.82 Å². The second-order valence-corrected chi connectivity index (χ2v) is 6.92. The number of aromatic nitrogens is 1. The first-order valence-electron chi connectivity index (χ1n) is 9.69. The van der Waals surface area contributed by atoms with E-state index in [0.717, 1.165) is 5.69 Å². The minimum absolute atomic E-state index is 0.320. The van der Waals surface area contributed by atoms with Gasteiger partial charge in [0, 0.05) is 11.9 Å². The number of nitrogens with zero attached hydrogens (tertiary/aromatic N) is 2. The Bertz CT molecular complexity index is 1150. The third-order valence-electron chi connectivity index (χ3n) is 4.96. The highest BCUT2D eigenvalue weighted by molar-refractivity contribution is 5.91. The average Bonchev–Trinajstić information content (AvgIpc) is 3.28. The van der Waals surface area contributed by atoms with Crippen LogP contribution in [-0.4, -0.2) is 21.8 Å². The van der Waals surface area contributed by atoms with Crippen molar-refractivity contribution in [1.82, 2.24) is 9.99 Å². The van der Waals surface area contributed by atoms with Crippen molar-refractivity contribution in [3.63, 3.8) is 0 Å². The summed E-state index contributed by atoms with van der Waals surface area (Å²) in [7, 11) is 0. The molecule has 5 nitrogen and oxygen atoms in total. The quantitative estimate of drug-likeness (QED) is 0.371. The van der Waals surface area contributed by atoms with Gasteiger partial charge in [-0.25, -0.2) is 9.82 Å². The number of amides is 1. The van der Waals surface area contributed by atoms with Crippen molar-refractivity contribution in [2.45, 2.75) is 5.60 Å². The van der Waals surface area contributed by atoms with Crippen molar-refractivity contribution < 1.29 is 14.3 Å². The molecule has 0 unspecified atom stereocenters. The molecule has 0 spiro atoms. The summed E-state index contributed by atoms with van der Waals surface area (Å²) in [6, 6.07) is 27.1. The maximum atomic E-state index is 13.2. The van der Waals surface area contributed by atoms with E-state index in [1.807, 2.05) is 18.2 Å². The molecule has 1 amide bonds. The standard InChI is InChI=1S/C25H20FN3O2/c26-21-13-15-22(16-14-21)29-17-7-12-23(29)18-27-28-24(30)25(31,19-8-3-1-4-9-19)20-10-5-2-6-11-20/h1-18,31H,(H,28,30)/b27-18+. The van der Waals surface area contributed by atoms with Gasteiger partial charge in [0.15, 0.2) is 5.60 Å². The Kier molecular flexibility index (Phi) is 5.73. The zero-order valence-corrected chi connectivity index (χ0v) is 16.5. The summed E-state index contributed by atoms with van der Waals surface area (Å²) in [4.78, 5) is 13.1. The van der Waals surface area contributed by atoms with Crippen molar-refractivity contribution in [3.8, 4) is 5.69 Å². The van der Waals surface area contributed by atoms with E-state index < -0.39 is 11.5 Å². The van der Waals surface area contributed by atoms with E-state index in [0.29, 0.717) is 16.8 Å². The lowest BCUT2D eigenvalue weighted by Crippen LogP contribution is -2.43. The fourth-order valence-electron chi connectivity index (χ4n) is 3.36. The predicted molar refractivity (Wildman–Crippen MR) is 117 cm³/mol. The smallest absolute Gasteiger partial charge is 0.281 e. The van der Waals surface area contributed by atoms with Gasteiger partial charge in [-0.05, 0) is 47.5 Å². The molecular formula is C25H20FN3O2. The Morgan fingerprint density at radius 3 is 2.03 bits per heavy atom. The van der Waals surface area contributed by atoms with Crippen molar-refractivity contribution in [2.75, 3.05) is 0 Å². The number of carbonyl (C=O) groups excluding carboxylic acids is 1. The number of halogens is 1. The maximum Gasteiger partial charge on any atom is 0.281 e. The summed E-state index contributed by atoms with van der Waals surface area (Å²) in [5.74, 6) is -1.000. The molecule has 0 atom stereocenters. The Labute approximate surface area is 179 Å². The molecule has 0 aliphatic carbocycles. The van der Waals surface area contributed by atoms with Gasteiger partial charge in [0.05, 0.1) is 11.9 Å². The van der Waals surface area contributed by atoms with Crippen LogP contribution in [0.4, 0.5) is 4.39 Å². The van der Waals surface area contributed by atoms with Crippen LogP contribution in [0.25, 0.3) is 5.69 Å². The Morgan fingerprint density at radius 2 is 1.45 bits per heavy atom. The Morgan fingerprint density at radius 1 is 0.871 bits per heavy atom. The summed E-state index contributed by atoms with van der Waals surface area (Å²) in [6.07, 6.45) is 3.28. The molecule has 0 saturated carbocycles. The third-order valence-corrected chi connectivity index (χ3v) is 4.96. The van der Waals surface area contributed by atoms with Gasteiger partial charge in [-0.3, -0.25) is 4.79 Å². The maximum absolute atomic E-state index is 13.2. The molecule has 0 radical (unpaired) electrons. The number of aliphatic hydroxyl groups is 1. The van der Waals surface area contributed by atoms with E-state index in [1.54, 1.807) is 77.5 Å². The number of hydrazone groups is 1. The van der Waals surface area contributed by atoms with Crippen LogP contribution in [0.5, 0.6) is 0 Å². The van der Waals surface area contributed by atoms with Crippen LogP contribution >= 0.6 is 0 Å². The number of hydrogen-bond acceptors (Lipinski definition) is 3. The molecule has 1 aromatic heterocycles.